The number of furan rings is 1. The van der Waals surface area contributed by atoms with Gasteiger partial charge in [-0.1, -0.05) is 19.3 Å². The van der Waals surface area contributed by atoms with Gasteiger partial charge in [0.25, 0.3) is 0 Å². The SMILES string of the molecule is CCNC(=NCC(C)(O)c1ccc(C)o1)NCC1(N2CCOCC2)CCCCC1. The van der Waals surface area contributed by atoms with Crippen molar-refractivity contribution < 1.29 is 14.3 Å². The zero-order valence-corrected chi connectivity index (χ0v) is 18.3. The summed E-state index contributed by atoms with van der Waals surface area (Å²) >= 11 is 0. The Labute approximate surface area is 174 Å². The summed E-state index contributed by atoms with van der Waals surface area (Å²) in [7, 11) is 0. The molecule has 1 unspecified atom stereocenters. The van der Waals surface area contributed by atoms with E-state index in [1.165, 1.54) is 32.1 Å². The number of morpholine rings is 1. The molecular weight excluding hydrogens is 368 g/mol. The molecule has 2 aliphatic rings. The molecule has 3 N–H and O–H groups in total. The van der Waals surface area contributed by atoms with E-state index >= 15 is 0 Å². The zero-order valence-electron chi connectivity index (χ0n) is 18.3. The molecule has 7 nitrogen and oxygen atoms in total. The second-order valence-electron chi connectivity index (χ2n) is 8.62. The van der Waals surface area contributed by atoms with Gasteiger partial charge in [0.2, 0.25) is 0 Å². The summed E-state index contributed by atoms with van der Waals surface area (Å²) in [6.07, 6.45) is 6.30. The highest BCUT2D eigenvalue weighted by Gasteiger charge is 2.38. The van der Waals surface area contributed by atoms with Crippen LogP contribution in [-0.4, -0.2) is 67.4 Å². The van der Waals surface area contributed by atoms with Crippen molar-refractivity contribution in [2.24, 2.45) is 4.99 Å². The van der Waals surface area contributed by atoms with Crippen LogP contribution in [0.4, 0.5) is 0 Å². The van der Waals surface area contributed by atoms with E-state index in [1.807, 2.05) is 19.1 Å². The largest absolute Gasteiger partial charge is 0.463 e. The number of nitrogens with one attached hydrogen (secondary N) is 2. The van der Waals surface area contributed by atoms with Crippen LogP contribution in [0.3, 0.4) is 0 Å². The fraction of sp³-hybridized carbons (Fsp3) is 0.773. The molecule has 1 atom stereocenters. The van der Waals surface area contributed by atoms with Crippen molar-refractivity contribution in [2.45, 2.75) is 64.0 Å². The van der Waals surface area contributed by atoms with Gasteiger partial charge < -0.3 is 24.9 Å². The first-order valence-corrected chi connectivity index (χ1v) is 11.1. The van der Waals surface area contributed by atoms with Crippen LogP contribution in [0.15, 0.2) is 21.5 Å². The number of aliphatic imine (C=N–C) groups is 1. The quantitative estimate of drug-likeness (QED) is 0.476. The van der Waals surface area contributed by atoms with Crippen molar-refractivity contribution in [3.8, 4) is 0 Å². The molecule has 0 aromatic carbocycles. The third kappa shape index (κ3) is 5.74. The molecule has 7 heteroatoms. The molecule has 0 radical (unpaired) electrons. The molecule has 164 valence electrons. The van der Waals surface area contributed by atoms with E-state index in [0.717, 1.165) is 51.1 Å². The maximum absolute atomic E-state index is 10.8. The van der Waals surface area contributed by atoms with Gasteiger partial charge in [-0.2, -0.15) is 0 Å². The molecule has 2 heterocycles. The maximum Gasteiger partial charge on any atom is 0.191 e. The lowest BCUT2D eigenvalue weighted by molar-refractivity contribution is -0.0353. The van der Waals surface area contributed by atoms with Crippen LogP contribution in [-0.2, 0) is 10.3 Å². The van der Waals surface area contributed by atoms with Gasteiger partial charge >= 0.3 is 0 Å². The first-order chi connectivity index (χ1) is 14.0. The Morgan fingerprint density at radius 2 is 1.93 bits per heavy atom. The average Bonchev–Trinajstić information content (AvgIpc) is 3.19. The van der Waals surface area contributed by atoms with Gasteiger partial charge in [-0.05, 0) is 45.7 Å². The summed E-state index contributed by atoms with van der Waals surface area (Å²) in [5.41, 5.74) is -0.970. The summed E-state index contributed by atoms with van der Waals surface area (Å²) in [5, 5.41) is 17.7. The number of aliphatic hydroxyl groups is 1. The van der Waals surface area contributed by atoms with Gasteiger partial charge in [0, 0.05) is 31.7 Å². The van der Waals surface area contributed by atoms with Gasteiger partial charge in [-0.25, -0.2) is 4.99 Å². The Balaban J connectivity index is 1.67. The van der Waals surface area contributed by atoms with E-state index in [1.54, 1.807) is 6.92 Å². The zero-order chi connectivity index (χ0) is 20.7. The van der Waals surface area contributed by atoms with Crippen LogP contribution in [0.5, 0.6) is 0 Å². The lowest BCUT2D eigenvalue weighted by Crippen LogP contribution is -2.60. The van der Waals surface area contributed by atoms with E-state index in [4.69, 9.17) is 9.15 Å². The number of ether oxygens (including phenoxy) is 1. The highest BCUT2D eigenvalue weighted by Crippen LogP contribution is 2.34. The molecule has 1 aliphatic heterocycles. The van der Waals surface area contributed by atoms with Crippen molar-refractivity contribution in [3.05, 3.63) is 23.7 Å². The van der Waals surface area contributed by atoms with E-state index in [2.05, 4.69) is 27.4 Å². The fourth-order valence-corrected chi connectivity index (χ4v) is 4.48. The Kier molecular flexibility index (Phi) is 7.60. The third-order valence-electron chi connectivity index (χ3n) is 6.21. The van der Waals surface area contributed by atoms with Gasteiger partial charge in [-0.15, -0.1) is 0 Å². The maximum atomic E-state index is 10.8. The fourth-order valence-electron chi connectivity index (χ4n) is 4.48. The van der Waals surface area contributed by atoms with E-state index in [0.29, 0.717) is 5.76 Å². The first-order valence-electron chi connectivity index (χ1n) is 11.1. The highest BCUT2D eigenvalue weighted by molar-refractivity contribution is 5.79. The van der Waals surface area contributed by atoms with E-state index in [9.17, 15) is 5.11 Å². The molecule has 1 aromatic heterocycles. The second-order valence-corrected chi connectivity index (χ2v) is 8.62. The number of rotatable bonds is 7. The topological polar surface area (TPSA) is 82.3 Å². The number of aryl methyl sites for hydroxylation is 1. The minimum atomic E-state index is -1.14. The normalized spacial score (nSPS) is 22.8. The Bertz CT molecular complexity index is 659. The van der Waals surface area contributed by atoms with E-state index in [-0.39, 0.29) is 12.1 Å². The molecule has 1 saturated heterocycles. The molecule has 3 rings (SSSR count). The molecule has 29 heavy (non-hydrogen) atoms. The predicted molar refractivity (Wildman–Crippen MR) is 115 cm³/mol. The minimum Gasteiger partial charge on any atom is -0.463 e. The molecule has 0 spiro atoms. The lowest BCUT2D eigenvalue weighted by atomic mass is 9.80. The van der Waals surface area contributed by atoms with E-state index < -0.39 is 5.60 Å². The number of hydrogen-bond donors (Lipinski definition) is 3. The molecular formula is C22H38N4O3. The molecule has 2 fully saturated rings. The highest BCUT2D eigenvalue weighted by atomic mass is 16.5. The smallest absolute Gasteiger partial charge is 0.191 e. The molecule has 0 bridgehead atoms. The van der Waals surface area contributed by atoms with Gasteiger partial charge in [0.1, 0.15) is 17.1 Å². The van der Waals surface area contributed by atoms with Crippen LogP contribution in [0.2, 0.25) is 0 Å². The molecule has 1 saturated carbocycles. The summed E-state index contributed by atoms with van der Waals surface area (Å²) in [6.45, 7) is 11.2. The van der Waals surface area contributed by atoms with Gasteiger partial charge in [0.05, 0.1) is 19.8 Å². The predicted octanol–water partition coefficient (Wildman–Crippen LogP) is 2.39. The van der Waals surface area contributed by atoms with Crippen molar-refractivity contribution >= 4 is 5.96 Å². The Morgan fingerprint density at radius 3 is 2.55 bits per heavy atom. The summed E-state index contributed by atoms with van der Waals surface area (Å²) < 4.78 is 11.2. The van der Waals surface area contributed by atoms with Crippen LogP contribution in [0.25, 0.3) is 0 Å². The molecule has 1 aliphatic carbocycles. The van der Waals surface area contributed by atoms with Crippen molar-refractivity contribution in [1.29, 1.82) is 0 Å². The second kappa shape index (κ2) is 9.96. The lowest BCUT2D eigenvalue weighted by Gasteiger charge is -2.48. The first kappa shape index (κ1) is 22.1. The Morgan fingerprint density at radius 1 is 1.21 bits per heavy atom. The van der Waals surface area contributed by atoms with Crippen molar-refractivity contribution in [3.63, 3.8) is 0 Å². The average molecular weight is 407 g/mol. The summed E-state index contributed by atoms with van der Waals surface area (Å²) in [5.74, 6) is 2.08. The third-order valence-corrected chi connectivity index (χ3v) is 6.21. The number of guanidine groups is 1. The van der Waals surface area contributed by atoms with Crippen LogP contribution in [0.1, 0.15) is 57.5 Å². The minimum absolute atomic E-state index is 0.166. The van der Waals surface area contributed by atoms with Crippen LogP contribution < -0.4 is 10.6 Å². The number of hydrogen-bond acceptors (Lipinski definition) is 5. The van der Waals surface area contributed by atoms with Crippen LogP contribution in [0, 0.1) is 6.92 Å². The Hall–Kier alpha value is -1.57. The molecule has 1 aromatic rings. The van der Waals surface area contributed by atoms with Gasteiger partial charge in [-0.3, -0.25) is 4.90 Å². The standard InChI is InChI=1S/C22H38N4O3/c1-4-23-20(24-16-21(3,27)19-9-8-18(2)29-19)25-17-22(10-6-5-7-11-22)26-12-14-28-15-13-26/h8-9,27H,4-7,10-17H2,1-3H3,(H2,23,24,25). The van der Waals surface area contributed by atoms with Gasteiger partial charge in [0.15, 0.2) is 5.96 Å². The number of nitrogens with zero attached hydrogens (tertiary/aromatic N) is 2. The summed E-state index contributed by atoms with van der Waals surface area (Å²) in [4.78, 5) is 7.29. The molecule has 0 amide bonds. The van der Waals surface area contributed by atoms with Crippen LogP contribution >= 0.6 is 0 Å². The summed E-state index contributed by atoms with van der Waals surface area (Å²) in [6, 6.07) is 3.69. The van der Waals surface area contributed by atoms with Crippen molar-refractivity contribution in [2.75, 3.05) is 45.9 Å². The van der Waals surface area contributed by atoms with Crippen molar-refractivity contribution in [1.82, 2.24) is 15.5 Å². The monoisotopic (exact) mass is 406 g/mol.